The normalized spacial score (nSPS) is 24.8. The van der Waals surface area contributed by atoms with Gasteiger partial charge in [0.2, 0.25) is 5.91 Å². The Morgan fingerprint density at radius 2 is 0.831 bits per heavy atom. The Kier molecular flexibility index (Phi) is 45.7. The lowest BCUT2D eigenvalue weighted by molar-refractivity contribution is -0.359. The van der Waals surface area contributed by atoms with Crippen LogP contribution in [0.25, 0.3) is 0 Å². The van der Waals surface area contributed by atoms with Crippen molar-refractivity contribution in [2.75, 3.05) is 19.8 Å². The van der Waals surface area contributed by atoms with Crippen LogP contribution in [0.2, 0.25) is 0 Å². The van der Waals surface area contributed by atoms with Gasteiger partial charge in [-0.2, -0.15) is 0 Å². The maximum atomic E-state index is 13.3. The number of allylic oxidation sites excluding steroid dienone is 3. The molecule has 2 aliphatic rings. The summed E-state index contributed by atoms with van der Waals surface area (Å²) in [4.78, 5) is 13.3. The van der Waals surface area contributed by atoms with Gasteiger partial charge in [-0.15, -0.1) is 0 Å². The Bertz CT molecular complexity index is 1390. The van der Waals surface area contributed by atoms with Crippen LogP contribution in [-0.2, 0) is 23.7 Å². The van der Waals surface area contributed by atoms with E-state index in [0.29, 0.717) is 12.8 Å². The molecule has 0 saturated carbocycles. The second-order valence-electron chi connectivity index (χ2n) is 22.9. The van der Waals surface area contributed by atoms with E-state index in [-0.39, 0.29) is 18.9 Å². The topological polar surface area (TPSA) is 228 Å². The Labute approximate surface area is 468 Å². The van der Waals surface area contributed by atoms with Crippen LogP contribution in [0.4, 0.5) is 0 Å². The maximum Gasteiger partial charge on any atom is 0.220 e. The van der Waals surface area contributed by atoms with Crippen molar-refractivity contribution in [2.24, 2.45) is 0 Å². The van der Waals surface area contributed by atoms with Gasteiger partial charge < -0.3 is 65.1 Å². The number of nitrogens with one attached hydrogen (secondary N) is 1. The summed E-state index contributed by atoms with van der Waals surface area (Å²) in [5.74, 6) is -0.245. The molecule has 0 radical (unpaired) electrons. The van der Waals surface area contributed by atoms with Gasteiger partial charge in [0.25, 0.3) is 0 Å². The number of hydrogen-bond acceptors (Lipinski definition) is 13. The number of rotatable bonds is 52. The first-order valence-electron chi connectivity index (χ1n) is 32.1. The minimum absolute atomic E-state index is 0.245. The van der Waals surface area contributed by atoms with E-state index in [1.807, 2.05) is 6.08 Å². The molecule has 12 unspecified atom stereocenters. The van der Waals surface area contributed by atoms with E-state index >= 15 is 0 Å². The fraction of sp³-hybridized carbons (Fsp3) is 0.921. The van der Waals surface area contributed by atoms with E-state index in [1.165, 1.54) is 212 Å². The highest BCUT2D eigenvalue weighted by atomic mass is 16.7. The second-order valence-corrected chi connectivity index (χ2v) is 22.9. The lowest BCUT2D eigenvalue weighted by atomic mass is 9.97. The standard InChI is InChI=1S/C63H119NO13/c1-3-5-7-9-11-13-15-17-19-21-22-23-24-25-26-27-28-29-30-31-32-34-36-38-40-42-44-46-52(67)51(64-55(68)47-45-43-41-39-37-35-33-20-18-16-14-12-10-8-6-4-2)50-74-62-60(73)58(71)61(54(49-66)76-62)77-63-59(72)57(70)56(69)53(48-65)75-63/h36,38,44,46,51-54,56-63,65-67,69-73H,3-35,37,39-43,45,47-50H2,1-2H3,(H,64,68)/b38-36+,46-44+. The minimum atomic E-state index is -1.79. The summed E-state index contributed by atoms with van der Waals surface area (Å²) in [6, 6.07) is -0.928. The summed E-state index contributed by atoms with van der Waals surface area (Å²) >= 11 is 0. The number of amides is 1. The van der Waals surface area contributed by atoms with Crippen molar-refractivity contribution in [3.8, 4) is 0 Å². The molecule has 0 aromatic carbocycles. The molecule has 1 amide bonds. The highest BCUT2D eigenvalue weighted by molar-refractivity contribution is 5.76. The van der Waals surface area contributed by atoms with Gasteiger partial charge in [0, 0.05) is 6.42 Å². The van der Waals surface area contributed by atoms with Crippen LogP contribution in [-0.4, -0.2) is 140 Å². The van der Waals surface area contributed by atoms with Gasteiger partial charge in [-0.25, -0.2) is 0 Å². The Morgan fingerprint density at radius 3 is 1.27 bits per heavy atom. The van der Waals surface area contributed by atoms with Gasteiger partial charge in [-0.3, -0.25) is 4.79 Å². The van der Waals surface area contributed by atoms with E-state index in [4.69, 9.17) is 18.9 Å². The van der Waals surface area contributed by atoms with E-state index in [9.17, 15) is 45.6 Å². The van der Waals surface area contributed by atoms with Crippen LogP contribution in [0.5, 0.6) is 0 Å². The van der Waals surface area contributed by atoms with Crippen LogP contribution in [0.15, 0.2) is 24.3 Å². The molecule has 9 N–H and O–H groups in total. The molecule has 77 heavy (non-hydrogen) atoms. The monoisotopic (exact) mass is 1100 g/mol. The molecule has 0 aliphatic carbocycles. The average Bonchev–Trinajstić information content (AvgIpc) is 3.43. The van der Waals surface area contributed by atoms with Crippen molar-refractivity contribution in [2.45, 2.75) is 351 Å². The fourth-order valence-corrected chi connectivity index (χ4v) is 10.7. The van der Waals surface area contributed by atoms with Crippen LogP contribution >= 0.6 is 0 Å². The number of unbranched alkanes of at least 4 members (excludes halogenated alkanes) is 37. The zero-order valence-corrected chi connectivity index (χ0v) is 49.0. The van der Waals surface area contributed by atoms with Crippen LogP contribution < -0.4 is 5.32 Å². The first-order valence-corrected chi connectivity index (χ1v) is 32.1. The Balaban J connectivity index is 1.73. The summed E-state index contributed by atoms with van der Waals surface area (Å²) in [6.45, 7) is 2.82. The molecule has 2 heterocycles. The molecule has 14 heteroatoms. The van der Waals surface area contributed by atoms with Crippen molar-refractivity contribution < 1.29 is 64.6 Å². The van der Waals surface area contributed by atoms with E-state index in [2.05, 4.69) is 31.3 Å². The second kappa shape index (κ2) is 49.1. The van der Waals surface area contributed by atoms with Crippen LogP contribution in [0.3, 0.4) is 0 Å². The molecular formula is C63H119NO13. The molecule has 14 nitrogen and oxygen atoms in total. The molecule has 0 aromatic heterocycles. The summed E-state index contributed by atoms with van der Waals surface area (Å²) in [6.07, 6.45) is 42.3. The summed E-state index contributed by atoms with van der Waals surface area (Å²) in [7, 11) is 0. The molecule has 0 aromatic rings. The molecular weight excluding hydrogens is 979 g/mol. The number of ether oxygens (including phenoxy) is 4. The number of carbonyl (C=O) groups is 1. The van der Waals surface area contributed by atoms with E-state index in [1.54, 1.807) is 6.08 Å². The molecule has 0 spiro atoms. The Morgan fingerprint density at radius 1 is 0.455 bits per heavy atom. The highest BCUT2D eigenvalue weighted by Crippen LogP contribution is 2.30. The SMILES string of the molecule is CCCCCCCCCCCCCCCCCCCCCCC/C=C/CC/C=C/C(O)C(COC1OC(CO)C(OC2OC(CO)C(O)C(O)C2O)C(O)C1O)NC(=O)CCCCCCCCCCCCCCCCCC. The molecule has 2 saturated heterocycles. The van der Waals surface area contributed by atoms with Gasteiger partial charge >= 0.3 is 0 Å². The largest absolute Gasteiger partial charge is 0.394 e. The van der Waals surface area contributed by atoms with Crippen molar-refractivity contribution in [1.82, 2.24) is 5.32 Å². The van der Waals surface area contributed by atoms with Crippen molar-refractivity contribution >= 4 is 5.91 Å². The van der Waals surface area contributed by atoms with Gasteiger partial charge in [0.15, 0.2) is 12.6 Å². The lowest BCUT2D eigenvalue weighted by Crippen LogP contribution is -2.65. The first-order chi connectivity index (χ1) is 37.6. The highest BCUT2D eigenvalue weighted by Gasteiger charge is 2.51. The molecule has 2 aliphatic heterocycles. The first kappa shape index (κ1) is 71.6. The van der Waals surface area contributed by atoms with E-state index in [0.717, 1.165) is 32.1 Å². The van der Waals surface area contributed by atoms with Gasteiger partial charge in [0.05, 0.1) is 32.0 Å². The van der Waals surface area contributed by atoms with Crippen LogP contribution in [0.1, 0.15) is 277 Å². The number of aliphatic hydroxyl groups excluding tert-OH is 8. The van der Waals surface area contributed by atoms with E-state index < -0.39 is 86.8 Å². The Hall–Kier alpha value is -1.53. The quantitative estimate of drug-likeness (QED) is 0.0204. The minimum Gasteiger partial charge on any atom is -0.394 e. The zero-order chi connectivity index (χ0) is 56.0. The van der Waals surface area contributed by atoms with Crippen molar-refractivity contribution in [3.63, 3.8) is 0 Å². The third kappa shape index (κ3) is 34.5. The van der Waals surface area contributed by atoms with Crippen LogP contribution in [0, 0.1) is 0 Å². The predicted molar refractivity (Wildman–Crippen MR) is 309 cm³/mol. The summed E-state index contributed by atoms with van der Waals surface area (Å²) in [5.41, 5.74) is 0. The maximum absolute atomic E-state index is 13.3. The third-order valence-electron chi connectivity index (χ3n) is 15.9. The fourth-order valence-electron chi connectivity index (χ4n) is 10.7. The smallest absolute Gasteiger partial charge is 0.220 e. The molecule has 2 rings (SSSR count). The molecule has 2 fully saturated rings. The lowest BCUT2D eigenvalue weighted by Gasteiger charge is -2.46. The number of hydrogen-bond donors (Lipinski definition) is 9. The van der Waals surface area contributed by atoms with Gasteiger partial charge in [-0.05, 0) is 32.1 Å². The molecule has 0 bridgehead atoms. The molecule has 454 valence electrons. The average molecular weight is 1100 g/mol. The van der Waals surface area contributed by atoms with Crippen molar-refractivity contribution in [1.29, 1.82) is 0 Å². The number of carbonyl (C=O) groups excluding carboxylic acids is 1. The predicted octanol–water partition coefficient (Wildman–Crippen LogP) is 11.6. The summed E-state index contributed by atoms with van der Waals surface area (Å²) < 4.78 is 22.8. The van der Waals surface area contributed by atoms with Gasteiger partial charge in [-0.1, -0.05) is 263 Å². The molecule has 12 atom stereocenters. The zero-order valence-electron chi connectivity index (χ0n) is 49.0. The summed E-state index contributed by atoms with van der Waals surface area (Å²) in [5, 5.41) is 87.2. The third-order valence-corrected chi connectivity index (χ3v) is 15.9. The van der Waals surface area contributed by atoms with Crippen molar-refractivity contribution in [3.05, 3.63) is 24.3 Å². The number of aliphatic hydroxyl groups is 8. The van der Waals surface area contributed by atoms with Gasteiger partial charge in [0.1, 0.15) is 48.8 Å².